The predicted molar refractivity (Wildman–Crippen MR) is 83.8 cm³/mol. The van der Waals surface area contributed by atoms with E-state index in [2.05, 4.69) is 15.4 Å². The van der Waals surface area contributed by atoms with Gasteiger partial charge >= 0.3 is 6.03 Å². The summed E-state index contributed by atoms with van der Waals surface area (Å²) < 4.78 is 31.9. The van der Waals surface area contributed by atoms with Crippen LogP contribution in [-0.4, -0.2) is 24.8 Å². The highest BCUT2D eigenvalue weighted by atomic mass is 32.1. The standard InChI is InChI=1S/C15H16F2N2O3S/c1-15(21,13-4-3-5-23-13)8-18-14(20)19-11-6-10(17)12(22-2)7-9(11)16/h3-7,21H,8H2,1-2H3,(H2,18,19,20). The topological polar surface area (TPSA) is 70.6 Å². The zero-order valence-electron chi connectivity index (χ0n) is 12.5. The zero-order chi connectivity index (χ0) is 17.0. The number of carbonyl (C=O) groups excluding carboxylic acids is 1. The molecule has 1 aromatic heterocycles. The van der Waals surface area contributed by atoms with E-state index >= 15 is 0 Å². The molecule has 0 radical (unpaired) electrons. The lowest BCUT2D eigenvalue weighted by Gasteiger charge is -2.22. The van der Waals surface area contributed by atoms with E-state index in [1.54, 1.807) is 24.4 Å². The molecule has 124 valence electrons. The predicted octanol–water partition coefficient (Wildman–Crippen LogP) is 3.06. The number of urea groups is 1. The van der Waals surface area contributed by atoms with E-state index in [0.29, 0.717) is 4.88 Å². The fourth-order valence-corrected chi connectivity index (χ4v) is 2.66. The Labute approximate surface area is 135 Å². The molecular weight excluding hydrogens is 326 g/mol. The van der Waals surface area contributed by atoms with Gasteiger partial charge in [-0.2, -0.15) is 0 Å². The summed E-state index contributed by atoms with van der Waals surface area (Å²) >= 11 is 1.35. The minimum Gasteiger partial charge on any atom is -0.494 e. The van der Waals surface area contributed by atoms with Crippen molar-refractivity contribution in [2.24, 2.45) is 0 Å². The van der Waals surface area contributed by atoms with Crippen LogP contribution in [0.5, 0.6) is 5.75 Å². The molecule has 0 saturated heterocycles. The van der Waals surface area contributed by atoms with Gasteiger partial charge in [0, 0.05) is 17.0 Å². The molecular formula is C15H16F2N2O3S. The molecule has 1 unspecified atom stereocenters. The zero-order valence-corrected chi connectivity index (χ0v) is 13.3. The monoisotopic (exact) mass is 342 g/mol. The Bertz CT molecular complexity index is 690. The van der Waals surface area contributed by atoms with Crippen LogP contribution in [0.15, 0.2) is 29.6 Å². The average molecular weight is 342 g/mol. The second-order valence-electron chi connectivity index (χ2n) is 5.03. The van der Waals surface area contributed by atoms with Crippen molar-refractivity contribution in [1.82, 2.24) is 5.32 Å². The van der Waals surface area contributed by atoms with Crippen LogP contribution >= 0.6 is 11.3 Å². The summed E-state index contributed by atoms with van der Waals surface area (Å²) in [6, 6.07) is 4.43. The third kappa shape index (κ3) is 4.17. The van der Waals surface area contributed by atoms with Gasteiger partial charge in [-0.1, -0.05) is 6.07 Å². The van der Waals surface area contributed by atoms with E-state index in [9.17, 15) is 18.7 Å². The maximum atomic E-state index is 13.7. The Hall–Kier alpha value is -2.19. The van der Waals surface area contributed by atoms with Crippen LogP contribution in [0, 0.1) is 11.6 Å². The van der Waals surface area contributed by atoms with Crippen molar-refractivity contribution in [1.29, 1.82) is 0 Å². The van der Waals surface area contributed by atoms with E-state index in [1.807, 2.05) is 0 Å². The molecule has 2 amide bonds. The number of halogens is 2. The number of anilines is 1. The van der Waals surface area contributed by atoms with E-state index in [-0.39, 0.29) is 18.0 Å². The van der Waals surface area contributed by atoms with Crippen LogP contribution in [0.3, 0.4) is 0 Å². The average Bonchev–Trinajstić information content (AvgIpc) is 3.04. The molecule has 23 heavy (non-hydrogen) atoms. The maximum Gasteiger partial charge on any atom is 0.319 e. The summed E-state index contributed by atoms with van der Waals surface area (Å²) in [6.07, 6.45) is 0. The van der Waals surface area contributed by atoms with E-state index < -0.39 is 23.3 Å². The third-order valence-electron chi connectivity index (χ3n) is 3.13. The molecule has 0 aliphatic carbocycles. The lowest BCUT2D eigenvalue weighted by atomic mass is 10.1. The fraction of sp³-hybridized carbons (Fsp3) is 0.267. The number of thiophene rings is 1. The van der Waals surface area contributed by atoms with Gasteiger partial charge < -0.3 is 20.5 Å². The fourth-order valence-electron chi connectivity index (χ4n) is 1.87. The summed E-state index contributed by atoms with van der Waals surface area (Å²) in [5.41, 5.74) is -1.58. The van der Waals surface area contributed by atoms with Crippen molar-refractivity contribution in [3.05, 3.63) is 46.2 Å². The highest BCUT2D eigenvalue weighted by Gasteiger charge is 2.25. The molecule has 1 heterocycles. The summed E-state index contributed by atoms with van der Waals surface area (Å²) in [5.74, 6) is -1.88. The number of nitrogens with one attached hydrogen (secondary N) is 2. The SMILES string of the molecule is COc1cc(F)c(NC(=O)NCC(C)(O)c2cccs2)cc1F. The molecule has 0 aliphatic heterocycles. The molecule has 0 fully saturated rings. The Morgan fingerprint density at radius 2 is 2.13 bits per heavy atom. The second kappa shape index (κ2) is 6.93. The largest absolute Gasteiger partial charge is 0.494 e. The highest BCUT2D eigenvalue weighted by molar-refractivity contribution is 7.10. The number of ether oxygens (including phenoxy) is 1. The van der Waals surface area contributed by atoms with Gasteiger partial charge in [-0.15, -0.1) is 11.3 Å². The second-order valence-corrected chi connectivity index (χ2v) is 5.97. The molecule has 2 rings (SSSR count). The first-order valence-electron chi connectivity index (χ1n) is 6.68. The molecule has 0 bridgehead atoms. The van der Waals surface area contributed by atoms with Gasteiger partial charge in [0.05, 0.1) is 19.3 Å². The third-order valence-corrected chi connectivity index (χ3v) is 4.26. The van der Waals surface area contributed by atoms with Crippen molar-refractivity contribution in [2.75, 3.05) is 19.0 Å². The van der Waals surface area contributed by atoms with Crippen LogP contribution in [0.2, 0.25) is 0 Å². The number of aliphatic hydroxyl groups is 1. The van der Waals surface area contributed by atoms with Crippen LogP contribution in [0.25, 0.3) is 0 Å². The van der Waals surface area contributed by atoms with E-state index in [0.717, 1.165) is 12.1 Å². The van der Waals surface area contributed by atoms with Crippen molar-refractivity contribution in [3.63, 3.8) is 0 Å². The number of hydrogen-bond acceptors (Lipinski definition) is 4. The van der Waals surface area contributed by atoms with Gasteiger partial charge in [0.1, 0.15) is 5.60 Å². The lowest BCUT2D eigenvalue weighted by molar-refractivity contribution is 0.0637. The Kier molecular flexibility index (Phi) is 5.17. The first kappa shape index (κ1) is 17.2. The number of rotatable bonds is 5. The van der Waals surface area contributed by atoms with Crippen molar-refractivity contribution in [2.45, 2.75) is 12.5 Å². The lowest BCUT2D eigenvalue weighted by Crippen LogP contribution is -2.40. The molecule has 0 aliphatic rings. The smallest absolute Gasteiger partial charge is 0.319 e. The number of hydrogen-bond donors (Lipinski definition) is 3. The summed E-state index contributed by atoms with van der Waals surface area (Å²) in [7, 11) is 1.21. The van der Waals surface area contributed by atoms with Gasteiger partial charge in [0.15, 0.2) is 17.4 Å². The van der Waals surface area contributed by atoms with E-state index in [4.69, 9.17) is 0 Å². The van der Waals surface area contributed by atoms with Gasteiger partial charge in [0.25, 0.3) is 0 Å². The first-order valence-corrected chi connectivity index (χ1v) is 7.55. The summed E-state index contributed by atoms with van der Waals surface area (Å²) in [4.78, 5) is 12.5. The number of benzene rings is 1. The molecule has 2 aromatic rings. The minimum absolute atomic E-state index is 0.0837. The molecule has 1 atom stereocenters. The molecule has 0 spiro atoms. The van der Waals surface area contributed by atoms with Crippen LogP contribution < -0.4 is 15.4 Å². The number of carbonyl (C=O) groups is 1. The quantitative estimate of drug-likeness (QED) is 0.782. The Morgan fingerprint density at radius 3 is 2.74 bits per heavy atom. The first-order chi connectivity index (χ1) is 10.8. The van der Waals surface area contributed by atoms with Crippen LogP contribution in [-0.2, 0) is 5.60 Å². The Balaban J connectivity index is 1.99. The highest BCUT2D eigenvalue weighted by Crippen LogP contribution is 2.26. The van der Waals surface area contributed by atoms with Gasteiger partial charge in [-0.25, -0.2) is 13.6 Å². The summed E-state index contributed by atoms with van der Waals surface area (Å²) in [5, 5.41) is 16.7. The molecule has 1 aromatic carbocycles. The van der Waals surface area contributed by atoms with Crippen molar-refractivity contribution < 1.29 is 23.4 Å². The van der Waals surface area contributed by atoms with Gasteiger partial charge in [0.2, 0.25) is 0 Å². The normalized spacial score (nSPS) is 13.3. The van der Waals surface area contributed by atoms with Crippen molar-refractivity contribution in [3.8, 4) is 5.75 Å². The van der Waals surface area contributed by atoms with Crippen LogP contribution in [0.1, 0.15) is 11.8 Å². The summed E-state index contributed by atoms with van der Waals surface area (Å²) in [6.45, 7) is 1.46. The van der Waals surface area contributed by atoms with Crippen LogP contribution in [0.4, 0.5) is 19.3 Å². The van der Waals surface area contributed by atoms with Gasteiger partial charge in [-0.3, -0.25) is 0 Å². The molecule has 5 nitrogen and oxygen atoms in total. The van der Waals surface area contributed by atoms with E-state index in [1.165, 1.54) is 18.4 Å². The molecule has 0 saturated carbocycles. The molecule has 3 N–H and O–H groups in total. The minimum atomic E-state index is -1.25. The van der Waals surface area contributed by atoms with Gasteiger partial charge in [-0.05, 0) is 18.4 Å². The van der Waals surface area contributed by atoms with Crippen molar-refractivity contribution >= 4 is 23.1 Å². The number of methoxy groups -OCH3 is 1. The Morgan fingerprint density at radius 1 is 1.39 bits per heavy atom. The number of amides is 2. The molecule has 8 heteroatoms. The maximum absolute atomic E-state index is 13.7.